The molecule has 0 saturated carbocycles. The number of phosphoric ester groups is 1. The van der Waals surface area contributed by atoms with Crippen LogP contribution in [0.3, 0.4) is 0 Å². The van der Waals surface area contributed by atoms with Crippen LogP contribution in [0.15, 0.2) is 72.9 Å². The molecule has 0 heterocycles. The number of ether oxygens (including phenoxy) is 2. The maximum absolute atomic E-state index is 12.6. The highest BCUT2D eigenvalue weighted by Crippen LogP contribution is 2.43. The lowest BCUT2D eigenvalue weighted by Gasteiger charge is -2.20. The highest BCUT2D eigenvalue weighted by atomic mass is 31.2. The fraction of sp³-hybridized carbons (Fsp3) is 0.711. The Labute approximate surface area is 335 Å². The second kappa shape index (κ2) is 41.5. The average Bonchev–Trinajstić information content (AvgIpc) is 3.18. The fourth-order valence-electron chi connectivity index (χ4n) is 5.38. The summed E-state index contributed by atoms with van der Waals surface area (Å²) in [5.41, 5.74) is 0. The Balaban J connectivity index is 4.26. The number of phosphoric acid groups is 1. The predicted molar refractivity (Wildman–Crippen MR) is 228 cm³/mol. The summed E-state index contributed by atoms with van der Waals surface area (Å²) in [6.45, 7) is 3.30. The molecule has 0 saturated heterocycles. The van der Waals surface area contributed by atoms with E-state index in [0.29, 0.717) is 13.0 Å². The van der Waals surface area contributed by atoms with Gasteiger partial charge in [-0.1, -0.05) is 145 Å². The van der Waals surface area contributed by atoms with Gasteiger partial charge in [-0.25, -0.2) is 4.57 Å². The number of unbranched alkanes of at least 4 members (excludes halogenated alkanes) is 14. The molecule has 0 radical (unpaired) electrons. The standard InChI is InChI=1S/C45H79O9P/c1-3-5-7-9-11-13-15-17-19-21-22-24-26-28-30-32-34-36-38-51-41-44(42-53-55(49,50)52-40-43(47)39-46)54-45(48)37-35-33-31-29-27-25-23-20-18-16-14-12-10-8-6-4-2/h5,7,11,13-14,16-17,19-20,22-24,43-44,46-47H,3-4,6,8-10,12,15,18,21,25-42H2,1-2H3,(H,49,50)/b7-5-,13-11-,16-14-,19-17-,23-20-,24-22-. The molecule has 3 N–H and O–H groups in total. The molecule has 0 aliphatic heterocycles. The van der Waals surface area contributed by atoms with Gasteiger partial charge in [0, 0.05) is 13.0 Å². The van der Waals surface area contributed by atoms with Gasteiger partial charge in [-0.2, -0.15) is 0 Å². The Morgan fingerprint density at radius 3 is 1.56 bits per heavy atom. The molecular weight excluding hydrogens is 715 g/mol. The van der Waals surface area contributed by atoms with Gasteiger partial charge in [-0.3, -0.25) is 13.8 Å². The SMILES string of the molecule is CC/C=C\C/C=C\C/C=C\C/C=C\CCCCCCCOCC(COP(=O)(O)OCC(O)CO)OC(=O)CCCCCCC/C=C\C/C=C\CCCCCC. The summed E-state index contributed by atoms with van der Waals surface area (Å²) in [4.78, 5) is 22.6. The molecule has 0 aliphatic carbocycles. The van der Waals surface area contributed by atoms with E-state index >= 15 is 0 Å². The van der Waals surface area contributed by atoms with Crippen LogP contribution in [0.2, 0.25) is 0 Å². The van der Waals surface area contributed by atoms with E-state index in [0.717, 1.165) is 103 Å². The Morgan fingerprint density at radius 2 is 1.04 bits per heavy atom. The molecule has 3 atom stereocenters. The lowest BCUT2D eigenvalue weighted by Crippen LogP contribution is -2.29. The van der Waals surface area contributed by atoms with Crippen molar-refractivity contribution >= 4 is 13.8 Å². The zero-order valence-corrected chi connectivity index (χ0v) is 35.5. The summed E-state index contributed by atoms with van der Waals surface area (Å²) >= 11 is 0. The second-order valence-electron chi connectivity index (χ2n) is 14.0. The third-order valence-corrected chi connectivity index (χ3v) is 9.58. The number of carbonyl (C=O) groups is 1. The van der Waals surface area contributed by atoms with Crippen molar-refractivity contribution in [3.63, 3.8) is 0 Å². The molecule has 318 valence electrons. The fourth-order valence-corrected chi connectivity index (χ4v) is 6.16. The number of allylic oxidation sites excluding steroid dienone is 12. The van der Waals surface area contributed by atoms with Gasteiger partial charge in [-0.15, -0.1) is 0 Å². The zero-order valence-electron chi connectivity index (χ0n) is 34.6. The van der Waals surface area contributed by atoms with Crippen molar-refractivity contribution in [2.45, 2.75) is 174 Å². The van der Waals surface area contributed by atoms with Gasteiger partial charge in [0.15, 0.2) is 0 Å². The van der Waals surface area contributed by atoms with Gasteiger partial charge in [0.2, 0.25) is 0 Å². The number of carbonyl (C=O) groups excluding carboxylic acids is 1. The number of aliphatic hydroxyl groups is 2. The van der Waals surface area contributed by atoms with Crippen molar-refractivity contribution in [3.05, 3.63) is 72.9 Å². The molecule has 0 fully saturated rings. The van der Waals surface area contributed by atoms with Gasteiger partial charge in [0.25, 0.3) is 0 Å². The molecule has 0 spiro atoms. The number of aliphatic hydroxyl groups excluding tert-OH is 2. The molecule has 0 aliphatic rings. The van der Waals surface area contributed by atoms with E-state index in [2.05, 4.69) is 86.8 Å². The molecule has 0 aromatic rings. The largest absolute Gasteiger partial charge is 0.472 e. The van der Waals surface area contributed by atoms with Crippen LogP contribution in [0.25, 0.3) is 0 Å². The minimum absolute atomic E-state index is 0.0269. The van der Waals surface area contributed by atoms with Crippen molar-refractivity contribution < 1.29 is 43.0 Å². The summed E-state index contributed by atoms with van der Waals surface area (Å²) in [5, 5.41) is 18.3. The first-order valence-electron chi connectivity index (χ1n) is 21.4. The summed E-state index contributed by atoms with van der Waals surface area (Å²) in [6, 6.07) is 0. The average molecular weight is 795 g/mol. The molecule has 10 heteroatoms. The van der Waals surface area contributed by atoms with Crippen molar-refractivity contribution in [3.8, 4) is 0 Å². The van der Waals surface area contributed by atoms with Crippen LogP contribution < -0.4 is 0 Å². The molecule has 3 unspecified atom stereocenters. The van der Waals surface area contributed by atoms with Crippen LogP contribution >= 0.6 is 7.82 Å². The number of hydrogen-bond acceptors (Lipinski definition) is 8. The Morgan fingerprint density at radius 1 is 0.582 bits per heavy atom. The first-order chi connectivity index (χ1) is 26.8. The van der Waals surface area contributed by atoms with E-state index in [1.165, 1.54) is 32.1 Å². The number of hydrogen-bond donors (Lipinski definition) is 3. The van der Waals surface area contributed by atoms with E-state index in [9.17, 15) is 19.4 Å². The third-order valence-electron chi connectivity index (χ3n) is 8.63. The van der Waals surface area contributed by atoms with Crippen LogP contribution in [-0.2, 0) is 27.9 Å². The monoisotopic (exact) mass is 795 g/mol. The van der Waals surface area contributed by atoms with Crippen molar-refractivity contribution in [1.29, 1.82) is 0 Å². The van der Waals surface area contributed by atoms with Crippen molar-refractivity contribution in [1.82, 2.24) is 0 Å². The molecule has 0 rings (SSSR count). The van der Waals surface area contributed by atoms with Crippen molar-refractivity contribution in [2.24, 2.45) is 0 Å². The first kappa shape index (κ1) is 52.9. The molecule has 0 aromatic carbocycles. The number of rotatable bonds is 40. The molecule has 0 bridgehead atoms. The lowest BCUT2D eigenvalue weighted by molar-refractivity contribution is -0.154. The van der Waals surface area contributed by atoms with Crippen molar-refractivity contribution in [2.75, 3.05) is 33.0 Å². The normalized spacial score (nSPS) is 14.8. The van der Waals surface area contributed by atoms with E-state index in [-0.39, 0.29) is 13.0 Å². The molecule has 9 nitrogen and oxygen atoms in total. The minimum Gasteiger partial charge on any atom is -0.457 e. The maximum Gasteiger partial charge on any atom is 0.472 e. The smallest absolute Gasteiger partial charge is 0.457 e. The van der Waals surface area contributed by atoms with Crippen LogP contribution in [0.1, 0.15) is 162 Å². The second-order valence-corrected chi connectivity index (χ2v) is 15.4. The predicted octanol–water partition coefficient (Wildman–Crippen LogP) is 11.8. The van der Waals surface area contributed by atoms with E-state index in [4.69, 9.17) is 23.6 Å². The Bertz CT molecular complexity index is 1080. The summed E-state index contributed by atoms with van der Waals surface area (Å²) in [7, 11) is -4.53. The van der Waals surface area contributed by atoms with E-state index in [1.807, 2.05) is 0 Å². The van der Waals surface area contributed by atoms with Gasteiger partial charge < -0.3 is 24.6 Å². The quantitative estimate of drug-likeness (QED) is 0.0240. The van der Waals surface area contributed by atoms with Crippen LogP contribution in [0.4, 0.5) is 0 Å². The Kier molecular flexibility index (Phi) is 39.9. The summed E-state index contributed by atoms with van der Waals surface area (Å²) in [6.07, 6.45) is 48.5. The topological polar surface area (TPSA) is 132 Å². The Hall–Kier alpha value is -2.10. The van der Waals surface area contributed by atoms with Crippen LogP contribution in [-0.4, -0.2) is 66.3 Å². The zero-order chi connectivity index (χ0) is 40.3. The maximum atomic E-state index is 12.6. The van der Waals surface area contributed by atoms with E-state index < -0.39 is 45.8 Å². The number of esters is 1. The van der Waals surface area contributed by atoms with Crippen LogP contribution in [0, 0.1) is 0 Å². The lowest BCUT2D eigenvalue weighted by atomic mass is 10.1. The summed E-state index contributed by atoms with van der Waals surface area (Å²) in [5.74, 6) is -0.406. The van der Waals surface area contributed by atoms with Crippen LogP contribution in [0.5, 0.6) is 0 Å². The highest BCUT2D eigenvalue weighted by molar-refractivity contribution is 7.47. The minimum atomic E-state index is -4.53. The molecular formula is C45H79O9P. The highest BCUT2D eigenvalue weighted by Gasteiger charge is 2.26. The summed E-state index contributed by atoms with van der Waals surface area (Å²) < 4.78 is 33.3. The molecule has 55 heavy (non-hydrogen) atoms. The van der Waals surface area contributed by atoms with Gasteiger partial charge in [0.1, 0.15) is 12.2 Å². The van der Waals surface area contributed by atoms with E-state index in [1.54, 1.807) is 0 Å². The van der Waals surface area contributed by atoms with Gasteiger partial charge >= 0.3 is 13.8 Å². The first-order valence-corrected chi connectivity index (χ1v) is 22.9. The van der Waals surface area contributed by atoms with Gasteiger partial charge in [-0.05, 0) is 83.5 Å². The molecule has 0 amide bonds. The molecule has 0 aromatic heterocycles. The van der Waals surface area contributed by atoms with Gasteiger partial charge in [0.05, 0.1) is 26.4 Å². The third kappa shape index (κ3) is 41.4.